The fraction of sp³-hybridized carbons (Fsp3) is 0.273. The molecule has 104 valence electrons. The second kappa shape index (κ2) is 6.30. The van der Waals surface area contributed by atoms with E-state index in [2.05, 4.69) is 4.74 Å². The van der Waals surface area contributed by atoms with Crippen LogP contribution in [0.5, 0.6) is 0 Å². The molecule has 2 N–H and O–H groups in total. The third-order valence-electron chi connectivity index (χ3n) is 2.22. The Balaban J connectivity index is 2.96. The molecule has 1 atom stereocenters. The van der Waals surface area contributed by atoms with Crippen molar-refractivity contribution in [3.8, 4) is 0 Å². The van der Waals surface area contributed by atoms with Crippen molar-refractivity contribution in [1.29, 1.82) is 0 Å². The van der Waals surface area contributed by atoms with Crippen LogP contribution in [0.25, 0.3) is 0 Å². The number of carboxylic acid groups (broad SMARTS) is 1. The van der Waals surface area contributed by atoms with Gasteiger partial charge in [-0.2, -0.15) is 4.72 Å². The maximum atomic E-state index is 11.9. The fourth-order valence-corrected chi connectivity index (χ4v) is 2.55. The maximum Gasteiger partial charge on any atom is 0.324 e. The van der Waals surface area contributed by atoms with E-state index in [1.165, 1.54) is 24.3 Å². The second-order valence-electron chi connectivity index (χ2n) is 3.61. The van der Waals surface area contributed by atoms with E-state index < -0.39 is 34.4 Å². The maximum absolute atomic E-state index is 11.9. The van der Waals surface area contributed by atoms with Crippen molar-refractivity contribution >= 4 is 22.0 Å². The summed E-state index contributed by atoms with van der Waals surface area (Å²) in [5.41, 5.74) is 0. The molecule has 0 radical (unpaired) electrons. The Kier molecular flexibility index (Phi) is 5.02. The van der Waals surface area contributed by atoms with Crippen molar-refractivity contribution in [3.63, 3.8) is 0 Å². The van der Waals surface area contributed by atoms with E-state index in [1.807, 2.05) is 4.72 Å². The van der Waals surface area contributed by atoms with Gasteiger partial charge in [-0.15, -0.1) is 0 Å². The van der Waals surface area contributed by atoms with E-state index in [9.17, 15) is 18.0 Å². The molecule has 0 aliphatic heterocycles. The molecule has 0 bridgehead atoms. The minimum atomic E-state index is -3.97. The Hall–Kier alpha value is -1.93. The summed E-state index contributed by atoms with van der Waals surface area (Å²) in [4.78, 5) is 21.9. The third-order valence-corrected chi connectivity index (χ3v) is 3.70. The topological polar surface area (TPSA) is 110 Å². The van der Waals surface area contributed by atoms with Crippen LogP contribution >= 0.6 is 0 Å². The number of carbonyl (C=O) groups is 2. The zero-order valence-electron chi connectivity index (χ0n) is 10.1. The molecule has 8 heteroatoms. The number of sulfonamides is 1. The quantitative estimate of drug-likeness (QED) is 0.712. The molecule has 0 saturated heterocycles. The molecule has 0 spiro atoms. The Bertz CT molecular complexity index is 554. The number of hydrogen-bond donors (Lipinski definition) is 2. The van der Waals surface area contributed by atoms with Gasteiger partial charge in [0, 0.05) is 0 Å². The van der Waals surface area contributed by atoms with Crippen molar-refractivity contribution in [1.82, 2.24) is 4.72 Å². The number of carbonyl (C=O) groups excluding carboxylic acids is 1. The monoisotopic (exact) mass is 287 g/mol. The summed E-state index contributed by atoms with van der Waals surface area (Å²) in [7, 11) is -2.92. The molecule has 0 aliphatic carbocycles. The summed E-state index contributed by atoms with van der Waals surface area (Å²) in [5, 5.41) is 8.65. The number of carboxylic acids is 1. The predicted octanol–water partition coefficient (Wildman–Crippen LogP) is -0.0188. The van der Waals surface area contributed by atoms with Crippen molar-refractivity contribution < 1.29 is 27.9 Å². The Morgan fingerprint density at radius 1 is 1.32 bits per heavy atom. The third kappa shape index (κ3) is 4.34. The van der Waals surface area contributed by atoms with Gasteiger partial charge in [-0.05, 0) is 12.1 Å². The van der Waals surface area contributed by atoms with Gasteiger partial charge in [0.2, 0.25) is 10.0 Å². The lowest BCUT2D eigenvalue weighted by Crippen LogP contribution is -2.42. The Labute approximate surface area is 110 Å². The number of benzene rings is 1. The number of nitrogens with one attached hydrogen (secondary N) is 1. The molecular formula is C11H13NO6S. The molecule has 0 aliphatic rings. The van der Waals surface area contributed by atoms with Crippen LogP contribution < -0.4 is 4.72 Å². The van der Waals surface area contributed by atoms with Crippen LogP contribution in [0.4, 0.5) is 0 Å². The highest BCUT2D eigenvalue weighted by Crippen LogP contribution is 2.09. The first kappa shape index (κ1) is 15.1. The number of esters is 1. The van der Waals surface area contributed by atoms with Crippen molar-refractivity contribution in [3.05, 3.63) is 30.3 Å². The van der Waals surface area contributed by atoms with Gasteiger partial charge in [0.25, 0.3) is 0 Å². The van der Waals surface area contributed by atoms with Gasteiger partial charge in [-0.1, -0.05) is 18.2 Å². The predicted molar refractivity (Wildman–Crippen MR) is 64.8 cm³/mol. The number of rotatable bonds is 6. The summed E-state index contributed by atoms with van der Waals surface area (Å²) >= 11 is 0. The van der Waals surface area contributed by atoms with Crippen LogP contribution in [-0.2, 0) is 24.3 Å². The standard InChI is InChI=1S/C11H13NO6S/c1-18-11(15)9(7-10(13)14)12-19(16,17)8-5-3-2-4-6-8/h2-6,9,12H,7H2,1H3,(H,13,14)/t9-/m0/s1. The fourth-order valence-electron chi connectivity index (χ4n) is 1.34. The molecule has 1 rings (SSSR count). The molecule has 0 saturated carbocycles. The van der Waals surface area contributed by atoms with E-state index in [1.54, 1.807) is 6.07 Å². The summed E-state index contributed by atoms with van der Waals surface area (Å²) in [6, 6.07) is 5.86. The molecule has 0 fully saturated rings. The van der Waals surface area contributed by atoms with Crippen molar-refractivity contribution in [2.45, 2.75) is 17.4 Å². The zero-order valence-corrected chi connectivity index (χ0v) is 10.9. The molecular weight excluding hydrogens is 274 g/mol. The van der Waals surface area contributed by atoms with Crippen molar-refractivity contribution in [2.75, 3.05) is 7.11 Å². The zero-order chi connectivity index (χ0) is 14.5. The highest BCUT2D eigenvalue weighted by atomic mass is 32.2. The van der Waals surface area contributed by atoms with Gasteiger partial charge in [-0.25, -0.2) is 8.42 Å². The SMILES string of the molecule is COC(=O)[C@H](CC(=O)O)NS(=O)(=O)c1ccccc1. The average molecular weight is 287 g/mol. The first-order chi connectivity index (χ1) is 8.86. The smallest absolute Gasteiger partial charge is 0.324 e. The molecule has 19 heavy (non-hydrogen) atoms. The minimum Gasteiger partial charge on any atom is -0.481 e. The van der Waals surface area contributed by atoms with Crippen LogP contribution in [-0.4, -0.2) is 38.6 Å². The van der Waals surface area contributed by atoms with Crippen LogP contribution in [0.3, 0.4) is 0 Å². The van der Waals surface area contributed by atoms with Crippen LogP contribution in [0.2, 0.25) is 0 Å². The van der Waals surface area contributed by atoms with Crippen molar-refractivity contribution in [2.24, 2.45) is 0 Å². The molecule has 0 amide bonds. The van der Waals surface area contributed by atoms with Crippen LogP contribution in [0, 0.1) is 0 Å². The lowest BCUT2D eigenvalue weighted by molar-refractivity contribution is -0.147. The number of hydrogen-bond acceptors (Lipinski definition) is 5. The Morgan fingerprint density at radius 3 is 2.37 bits per heavy atom. The van der Waals surface area contributed by atoms with E-state index in [4.69, 9.17) is 5.11 Å². The van der Waals surface area contributed by atoms with Gasteiger partial charge >= 0.3 is 11.9 Å². The molecule has 7 nitrogen and oxygen atoms in total. The Morgan fingerprint density at radius 2 is 1.89 bits per heavy atom. The largest absolute Gasteiger partial charge is 0.481 e. The summed E-state index contributed by atoms with van der Waals surface area (Å²) in [5.74, 6) is -2.27. The molecule has 1 aromatic rings. The molecule has 0 heterocycles. The van der Waals surface area contributed by atoms with E-state index in [0.717, 1.165) is 7.11 Å². The van der Waals surface area contributed by atoms with Crippen LogP contribution in [0.15, 0.2) is 35.2 Å². The highest BCUT2D eigenvalue weighted by Gasteiger charge is 2.28. The lowest BCUT2D eigenvalue weighted by Gasteiger charge is -2.14. The summed E-state index contributed by atoms with van der Waals surface area (Å²) in [6.07, 6.45) is -0.696. The lowest BCUT2D eigenvalue weighted by atomic mass is 10.2. The van der Waals surface area contributed by atoms with E-state index in [-0.39, 0.29) is 4.90 Å². The first-order valence-electron chi connectivity index (χ1n) is 5.24. The van der Waals surface area contributed by atoms with Gasteiger partial charge in [0.1, 0.15) is 6.04 Å². The van der Waals surface area contributed by atoms with Gasteiger partial charge in [0.15, 0.2) is 0 Å². The van der Waals surface area contributed by atoms with Gasteiger partial charge in [0.05, 0.1) is 18.4 Å². The van der Waals surface area contributed by atoms with E-state index in [0.29, 0.717) is 0 Å². The van der Waals surface area contributed by atoms with E-state index >= 15 is 0 Å². The molecule has 1 aromatic carbocycles. The normalized spacial score (nSPS) is 12.7. The minimum absolute atomic E-state index is 0.0608. The average Bonchev–Trinajstić information content (AvgIpc) is 2.37. The number of methoxy groups -OCH3 is 1. The van der Waals surface area contributed by atoms with Gasteiger partial charge < -0.3 is 9.84 Å². The second-order valence-corrected chi connectivity index (χ2v) is 5.32. The number of aliphatic carboxylic acids is 1. The highest BCUT2D eigenvalue weighted by molar-refractivity contribution is 7.89. The summed E-state index contributed by atoms with van der Waals surface area (Å²) < 4.78 is 30.2. The van der Waals surface area contributed by atoms with Gasteiger partial charge in [-0.3, -0.25) is 9.59 Å². The number of ether oxygens (including phenoxy) is 1. The van der Waals surface area contributed by atoms with Crippen LogP contribution in [0.1, 0.15) is 6.42 Å². The molecule has 0 unspecified atom stereocenters. The first-order valence-corrected chi connectivity index (χ1v) is 6.72. The summed E-state index contributed by atoms with van der Waals surface area (Å²) in [6.45, 7) is 0. The molecule has 0 aromatic heterocycles.